The van der Waals surface area contributed by atoms with Gasteiger partial charge in [-0.25, -0.2) is 18.1 Å². The number of rotatable bonds is 6. The Morgan fingerprint density at radius 3 is 2.88 bits per heavy atom. The van der Waals surface area contributed by atoms with Crippen molar-refractivity contribution in [3.63, 3.8) is 0 Å². The maximum Gasteiger partial charge on any atom is 0.209 e. The van der Waals surface area contributed by atoms with Crippen LogP contribution in [-0.2, 0) is 10.0 Å². The van der Waals surface area contributed by atoms with Gasteiger partial charge in [-0.05, 0) is 17.5 Å². The van der Waals surface area contributed by atoms with Gasteiger partial charge in [-0.1, -0.05) is 18.3 Å². The van der Waals surface area contributed by atoms with Crippen LogP contribution in [-0.4, -0.2) is 36.8 Å². The molecule has 0 fully saturated rings. The van der Waals surface area contributed by atoms with Gasteiger partial charge in [-0.15, -0.1) is 11.8 Å². The van der Waals surface area contributed by atoms with E-state index in [1.165, 1.54) is 17.1 Å². The van der Waals surface area contributed by atoms with Crippen LogP contribution in [0.1, 0.15) is 0 Å². The van der Waals surface area contributed by atoms with Crippen LogP contribution in [0.5, 0.6) is 0 Å². The second-order valence-electron chi connectivity index (χ2n) is 3.11. The molecule has 1 atom stereocenters. The zero-order valence-electron chi connectivity index (χ0n) is 8.66. The minimum absolute atomic E-state index is 0.350. The second kappa shape index (κ2) is 6.29. The van der Waals surface area contributed by atoms with E-state index in [2.05, 4.69) is 9.71 Å². The molecule has 0 amide bonds. The molecule has 0 spiro atoms. The summed E-state index contributed by atoms with van der Waals surface area (Å²) in [4.78, 5) is 4.12. The summed E-state index contributed by atoms with van der Waals surface area (Å²) in [5, 5.41) is 2.26. The zero-order chi connectivity index (χ0) is 12.0. The maximum atomic E-state index is 11.0. The van der Waals surface area contributed by atoms with Crippen molar-refractivity contribution in [2.45, 2.75) is 11.1 Å². The molecule has 1 N–H and O–H groups in total. The van der Waals surface area contributed by atoms with Crippen LogP contribution in [0.3, 0.4) is 0 Å². The van der Waals surface area contributed by atoms with Gasteiger partial charge in [0.15, 0.2) is 0 Å². The number of nitrogens with one attached hydrogen (secondary N) is 1. The SMILES string of the molecule is CS(=O)(=O)NC(C=S)CSc1ccccn1. The first-order valence-electron chi connectivity index (χ1n) is 4.47. The topological polar surface area (TPSA) is 59.1 Å². The highest BCUT2D eigenvalue weighted by molar-refractivity contribution is 7.99. The number of hydrogen-bond donors (Lipinski definition) is 1. The highest BCUT2D eigenvalue weighted by Gasteiger charge is 2.11. The molecule has 1 rings (SSSR count). The summed E-state index contributed by atoms with van der Waals surface area (Å²) >= 11 is 6.23. The van der Waals surface area contributed by atoms with Gasteiger partial charge in [0.25, 0.3) is 0 Å². The fourth-order valence-corrected chi connectivity index (χ4v) is 3.00. The number of thioether (sulfide) groups is 1. The molecule has 0 aliphatic rings. The molecule has 0 saturated carbocycles. The summed E-state index contributed by atoms with van der Waals surface area (Å²) in [5.41, 5.74) is 0. The Balaban J connectivity index is 2.50. The minimum atomic E-state index is -3.22. The molecule has 0 aromatic carbocycles. The molecule has 0 aliphatic heterocycles. The molecule has 0 aliphatic carbocycles. The van der Waals surface area contributed by atoms with Crippen LogP contribution in [0.2, 0.25) is 0 Å². The molecule has 88 valence electrons. The molecular formula is C9H12N2O2S3. The van der Waals surface area contributed by atoms with Crippen LogP contribution >= 0.6 is 24.0 Å². The van der Waals surface area contributed by atoms with Crippen molar-refractivity contribution in [2.75, 3.05) is 12.0 Å². The van der Waals surface area contributed by atoms with Gasteiger partial charge in [-0.2, -0.15) is 0 Å². The number of thiocarbonyl (C=S) groups is 1. The summed E-state index contributed by atoms with van der Waals surface area (Å²) in [7, 11) is -3.22. The van der Waals surface area contributed by atoms with Gasteiger partial charge < -0.3 is 0 Å². The number of nitrogens with zero attached hydrogens (tertiary/aromatic N) is 1. The molecular weight excluding hydrogens is 264 g/mol. The van der Waals surface area contributed by atoms with E-state index >= 15 is 0 Å². The monoisotopic (exact) mass is 276 g/mol. The van der Waals surface area contributed by atoms with E-state index in [1.807, 2.05) is 18.2 Å². The van der Waals surface area contributed by atoms with Gasteiger partial charge >= 0.3 is 0 Å². The molecule has 0 radical (unpaired) electrons. The highest BCUT2D eigenvalue weighted by Crippen LogP contribution is 2.14. The second-order valence-corrected chi connectivity index (χ2v) is 6.20. The lowest BCUT2D eigenvalue weighted by molar-refractivity contribution is 0.586. The number of hydrogen-bond acceptors (Lipinski definition) is 5. The molecule has 1 heterocycles. The van der Waals surface area contributed by atoms with E-state index in [0.717, 1.165) is 11.3 Å². The van der Waals surface area contributed by atoms with Gasteiger partial charge in [0, 0.05) is 11.9 Å². The Bertz CT molecular complexity index is 433. The van der Waals surface area contributed by atoms with E-state index in [0.29, 0.717) is 5.75 Å². The average Bonchev–Trinajstić information content (AvgIpc) is 2.24. The lowest BCUT2D eigenvalue weighted by Crippen LogP contribution is -2.36. The van der Waals surface area contributed by atoms with E-state index in [9.17, 15) is 8.42 Å². The van der Waals surface area contributed by atoms with Crippen molar-refractivity contribution in [3.8, 4) is 0 Å². The van der Waals surface area contributed by atoms with Crippen molar-refractivity contribution in [1.82, 2.24) is 9.71 Å². The van der Waals surface area contributed by atoms with Gasteiger partial charge in [0.2, 0.25) is 10.0 Å². The van der Waals surface area contributed by atoms with Crippen molar-refractivity contribution >= 4 is 39.4 Å². The first-order valence-corrected chi connectivity index (χ1v) is 7.82. The highest BCUT2D eigenvalue weighted by atomic mass is 32.2. The van der Waals surface area contributed by atoms with Crippen LogP contribution in [0.4, 0.5) is 0 Å². The Labute approximate surface area is 105 Å². The van der Waals surface area contributed by atoms with Crippen molar-refractivity contribution in [2.24, 2.45) is 0 Å². The normalized spacial score (nSPS) is 13.3. The molecule has 0 bridgehead atoms. The Kier molecular flexibility index (Phi) is 5.33. The maximum absolute atomic E-state index is 11.0. The van der Waals surface area contributed by atoms with Crippen molar-refractivity contribution < 1.29 is 8.42 Å². The van der Waals surface area contributed by atoms with E-state index in [-0.39, 0.29) is 6.04 Å². The summed E-state index contributed by atoms with van der Waals surface area (Å²) in [6, 6.07) is 5.23. The van der Waals surface area contributed by atoms with E-state index in [4.69, 9.17) is 12.2 Å². The quantitative estimate of drug-likeness (QED) is 0.622. The van der Waals surface area contributed by atoms with Gasteiger partial charge in [-0.3, -0.25) is 0 Å². The number of aromatic nitrogens is 1. The molecule has 7 heteroatoms. The summed E-state index contributed by atoms with van der Waals surface area (Å²) in [6.07, 6.45) is 2.81. The molecule has 4 nitrogen and oxygen atoms in total. The average molecular weight is 276 g/mol. The number of pyridine rings is 1. The lowest BCUT2D eigenvalue weighted by atomic mass is 10.4. The predicted molar refractivity (Wildman–Crippen MR) is 70.4 cm³/mol. The smallest absolute Gasteiger partial charge is 0.209 e. The summed E-state index contributed by atoms with van der Waals surface area (Å²) in [5.74, 6) is 0.535. The molecule has 1 aromatic heterocycles. The molecule has 16 heavy (non-hydrogen) atoms. The predicted octanol–water partition coefficient (Wildman–Crippen LogP) is 1.09. The van der Waals surface area contributed by atoms with E-state index in [1.54, 1.807) is 6.20 Å². The van der Waals surface area contributed by atoms with Gasteiger partial charge in [0.1, 0.15) is 0 Å². The third kappa shape index (κ3) is 5.55. The fraction of sp³-hybridized carbons (Fsp3) is 0.333. The van der Waals surface area contributed by atoms with Crippen LogP contribution in [0.25, 0.3) is 0 Å². The van der Waals surface area contributed by atoms with Crippen LogP contribution in [0, 0.1) is 0 Å². The zero-order valence-corrected chi connectivity index (χ0v) is 11.1. The largest absolute Gasteiger partial charge is 0.250 e. The molecule has 1 aromatic rings. The van der Waals surface area contributed by atoms with E-state index < -0.39 is 10.0 Å². The Morgan fingerprint density at radius 1 is 1.62 bits per heavy atom. The standard InChI is InChI=1S/C9H12N2O2S3/c1-16(12,13)11-8(6-14)7-15-9-4-2-3-5-10-9/h2-6,8,11H,7H2,1H3. The third-order valence-corrected chi connectivity index (χ3v) is 3.70. The fourth-order valence-electron chi connectivity index (χ4n) is 0.984. The number of sulfonamides is 1. The molecule has 1 unspecified atom stereocenters. The van der Waals surface area contributed by atoms with Crippen molar-refractivity contribution in [3.05, 3.63) is 24.4 Å². The Hall–Kier alpha value is -0.500. The third-order valence-electron chi connectivity index (χ3n) is 1.58. The lowest BCUT2D eigenvalue weighted by Gasteiger charge is -2.11. The first-order chi connectivity index (χ1) is 7.51. The van der Waals surface area contributed by atoms with Crippen LogP contribution < -0.4 is 4.72 Å². The van der Waals surface area contributed by atoms with Crippen LogP contribution in [0.15, 0.2) is 29.4 Å². The summed E-state index contributed by atoms with van der Waals surface area (Å²) in [6.45, 7) is 0. The molecule has 0 saturated heterocycles. The minimum Gasteiger partial charge on any atom is -0.250 e. The van der Waals surface area contributed by atoms with Gasteiger partial charge in [0.05, 0.1) is 17.3 Å². The summed E-state index contributed by atoms with van der Waals surface area (Å²) < 4.78 is 24.5. The van der Waals surface area contributed by atoms with Crippen molar-refractivity contribution in [1.29, 1.82) is 0 Å². The first kappa shape index (κ1) is 13.6. The Morgan fingerprint density at radius 2 is 2.38 bits per heavy atom.